The Bertz CT molecular complexity index is 307. The predicted molar refractivity (Wildman–Crippen MR) is 60.2 cm³/mol. The first-order valence-corrected chi connectivity index (χ1v) is 5.62. The normalized spacial score (nSPS) is 33.4. The van der Waals surface area contributed by atoms with Crippen molar-refractivity contribution in [2.45, 2.75) is 11.8 Å². The van der Waals surface area contributed by atoms with E-state index in [9.17, 15) is 0 Å². The van der Waals surface area contributed by atoms with Crippen LogP contribution in [-0.4, -0.2) is 5.38 Å². The van der Waals surface area contributed by atoms with E-state index in [1.54, 1.807) is 0 Å². The van der Waals surface area contributed by atoms with E-state index < -0.39 is 0 Å². The van der Waals surface area contributed by atoms with Crippen LogP contribution in [0.25, 0.3) is 0 Å². The Hall–Kier alpha value is -0.750. The van der Waals surface area contributed by atoms with E-state index in [0.717, 1.165) is 6.42 Å². The molecule has 72 valence electrons. The van der Waals surface area contributed by atoms with Gasteiger partial charge in [-0.1, -0.05) is 48.6 Å². The van der Waals surface area contributed by atoms with Crippen molar-refractivity contribution in [1.82, 2.24) is 0 Å². The third-order valence-corrected chi connectivity index (χ3v) is 4.25. The Balaban J connectivity index is 1.92. The molecule has 3 rings (SSSR count). The van der Waals surface area contributed by atoms with Crippen molar-refractivity contribution in [2.24, 2.45) is 17.3 Å². The van der Waals surface area contributed by atoms with Crippen LogP contribution in [0.3, 0.4) is 0 Å². The van der Waals surface area contributed by atoms with Crippen molar-refractivity contribution in [2.75, 3.05) is 0 Å². The number of rotatable bonds is 2. The topological polar surface area (TPSA) is 0 Å². The van der Waals surface area contributed by atoms with Gasteiger partial charge in [-0.3, -0.25) is 0 Å². The third kappa shape index (κ3) is 1.01. The molecule has 1 fully saturated rings. The number of hydrogen-bond acceptors (Lipinski definition) is 0. The van der Waals surface area contributed by atoms with Crippen LogP contribution in [0.2, 0.25) is 0 Å². The molecule has 0 aromatic rings. The van der Waals surface area contributed by atoms with Gasteiger partial charge in [0.25, 0.3) is 0 Å². The molecule has 14 heavy (non-hydrogen) atoms. The van der Waals surface area contributed by atoms with E-state index in [1.807, 2.05) is 0 Å². The van der Waals surface area contributed by atoms with E-state index in [0.29, 0.717) is 17.2 Å². The summed E-state index contributed by atoms with van der Waals surface area (Å²) in [5, 5.41) is 0.345. The zero-order valence-corrected chi connectivity index (χ0v) is 8.69. The second-order valence-electron chi connectivity index (χ2n) is 4.38. The molecular weight excluding hydrogens is 192 g/mol. The first kappa shape index (κ1) is 8.55. The van der Waals surface area contributed by atoms with Gasteiger partial charge in [0.15, 0.2) is 0 Å². The Morgan fingerprint density at radius 2 is 1.21 bits per heavy atom. The lowest BCUT2D eigenvalue weighted by Crippen LogP contribution is -2.21. The molecule has 3 aliphatic rings. The molecule has 0 radical (unpaired) electrons. The molecule has 0 heterocycles. The smallest absolute Gasteiger partial charge is 0.0416 e. The highest BCUT2D eigenvalue weighted by atomic mass is 35.5. The highest BCUT2D eigenvalue weighted by molar-refractivity contribution is 6.23. The minimum absolute atomic E-state index is 0.286. The monoisotopic (exact) mass is 204 g/mol. The van der Waals surface area contributed by atoms with Crippen molar-refractivity contribution in [1.29, 1.82) is 0 Å². The van der Waals surface area contributed by atoms with Crippen LogP contribution >= 0.6 is 11.6 Å². The second kappa shape index (κ2) is 2.87. The van der Waals surface area contributed by atoms with Crippen LogP contribution in [0.1, 0.15) is 6.42 Å². The van der Waals surface area contributed by atoms with Crippen LogP contribution in [0.5, 0.6) is 0 Å². The predicted octanol–water partition coefficient (Wildman–Crippen LogP) is 3.47. The minimum atomic E-state index is 0.286. The maximum Gasteiger partial charge on any atom is 0.0416 e. The zero-order valence-electron chi connectivity index (χ0n) is 7.94. The maximum absolute atomic E-state index is 6.33. The van der Waals surface area contributed by atoms with E-state index >= 15 is 0 Å². The number of halogens is 1. The fraction of sp³-hybridized carbons (Fsp3) is 0.385. The summed E-state index contributed by atoms with van der Waals surface area (Å²) in [4.78, 5) is 0. The van der Waals surface area contributed by atoms with Gasteiger partial charge in [0.05, 0.1) is 0 Å². The molecule has 0 aliphatic heterocycles. The van der Waals surface area contributed by atoms with Gasteiger partial charge >= 0.3 is 0 Å². The SMILES string of the molecule is ClC1CC1(C1C=CC=C1)C1C=CC=C1. The average molecular weight is 205 g/mol. The van der Waals surface area contributed by atoms with E-state index in [-0.39, 0.29) is 5.41 Å². The van der Waals surface area contributed by atoms with Crippen LogP contribution in [-0.2, 0) is 0 Å². The standard InChI is InChI=1S/C13H13Cl/c14-12-9-13(12,10-5-1-2-6-10)11-7-3-4-8-11/h1-8,10-12H,9H2. The lowest BCUT2D eigenvalue weighted by atomic mass is 9.79. The van der Waals surface area contributed by atoms with Crippen molar-refractivity contribution < 1.29 is 0 Å². The third-order valence-electron chi connectivity index (χ3n) is 3.69. The molecule has 0 amide bonds. The number of alkyl halides is 1. The Morgan fingerprint density at radius 3 is 1.50 bits per heavy atom. The summed E-state index contributed by atoms with van der Waals surface area (Å²) in [6, 6.07) is 0. The van der Waals surface area contributed by atoms with Gasteiger partial charge < -0.3 is 0 Å². The maximum atomic E-state index is 6.33. The summed E-state index contributed by atoms with van der Waals surface area (Å²) in [6.07, 6.45) is 18.8. The molecule has 0 saturated heterocycles. The summed E-state index contributed by atoms with van der Waals surface area (Å²) >= 11 is 6.33. The summed E-state index contributed by atoms with van der Waals surface area (Å²) in [5.74, 6) is 1.09. The highest BCUT2D eigenvalue weighted by Gasteiger charge is 2.60. The quantitative estimate of drug-likeness (QED) is 0.605. The molecule has 1 atom stereocenters. The van der Waals surface area contributed by atoms with Crippen LogP contribution in [0.15, 0.2) is 48.6 Å². The minimum Gasteiger partial charge on any atom is -0.122 e. The molecule has 1 unspecified atom stereocenters. The van der Waals surface area contributed by atoms with Crippen molar-refractivity contribution in [3.05, 3.63) is 48.6 Å². The summed E-state index contributed by atoms with van der Waals surface area (Å²) in [5.41, 5.74) is 0.286. The van der Waals surface area contributed by atoms with Gasteiger partial charge in [-0.05, 0) is 6.42 Å². The molecule has 0 nitrogen and oxygen atoms in total. The first-order valence-electron chi connectivity index (χ1n) is 5.18. The van der Waals surface area contributed by atoms with Crippen LogP contribution in [0.4, 0.5) is 0 Å². The molecule has 0 bridgehead atoms. The zero-order chi connectivity index (χ0) is 9.60. The fourth-order valence-corrected chi connectivity index (χ4v) is 3.30. The Morgan fingerprint density at radius 1 is 0.857 bits per heavy atom. The van der Waals surface area contributed by atoms with Crippen LogP contribution in [0, 0.1) is 17.3 Å². The molecule has 0 aromatic heterocycles. The fourth-order valence-electron chi connectivity index (χ4n) is 2.74. The van der Waals surface area contributed by atoms with E-state index in [1.165, 1.54) is 0 Å². The summed E-state index contributed by atoms with van der Waals surface area (Å²) < 4.78 is 0. The molecule has 0 aromatic carbocycles. The van der Waals surface area contributed by atoms with Crippen molar-refractivity contribution in [3.8, 4) is 0 Å². The Labute approximate surface area is 89.6 Å². The van der Waals surface area contributed by atoms with E-state index in [2.05, 4.69) is 48.6 Å². The second-order valence-corrected chi connectivity index (χ2v) is 4.90. The van der Waals surface area contributed by atoms with Gasteiger partial charge in [-0.25, -0.2) is 0 Å². The van der Waals surface area contributed by atoms with Gasteiger partial charge in [0.1, 0.15) is 0 Å². The molecule has 1 saturated carbocycles. The summed E-state index contributed by atoms with van der Waals surface area (Å²) in [6.45, 7) is 0. The molecular formula is C13H13Cl. The molecule has 1 heteroatoms. The molecule has 0 N–H and O–H groups in total. The van der Waals surface area contributed by atoms with Crippen LogP contribution < -0.4 is 0 Å². The average Bonchev–Trinajstić information content (AvgIpc) is 2.78. The number of allylic oxidation sites excluding steroid dienone is 8. The molecule has 0 spiro atoms. The first-order chi connectivity index (χ1) is 6.84. The van der Waals surface area contributed by atoms with Gasteiger partial charge in [-0.15, -0.1) is 11.6 Å². The van der Waals surface area contributed by atoms with Crippen molar-refractivity contribution in [3.63, 3.8) is 0 Å². The van der Waals surface area contributed by atoms with Crippen molar-refractivity contribution >= 4 is 11.6 Å². The van der Waals surface area contributed by atoms with Gasteiger partial charge in [-0.2, -0.15) is 0 Å². The van der Waals surface area contributed by atoms with Gasteiger partial charge in [0, 0.05) is 22.6 Å². The lowest BCUT2D eigenvalue weighted by molar-refractivity contribution is 0.372. The van der Waals surface area contributed by atoms with Gasteiger partial charge in [0.2, 0.25) is 0 Å². The highest BCUT2D eigenvalue weighted by Crippen LogP contribution is 2.63. The molecule has 3 aliphatic carbocycles. The Kier molecular flexibility index (Phi) is 1.75. The number of hydrogen-bond donors (Lipinski definition) is 0. The summed E-state index contributed by atoms with van der Waals surface area (Å²) in [7, 11) is 0. The van der Waals surface area contributed by atoms with E-state index in [4.69, 9.17) is 11.6 Å². The largest absolute Gasteiger partial charge is 0.122 e. The lowest BCUT2D eigenvalue weighted by Gasteiger charge is -2.25.